The Labute approximate surface area is 138 Å². The highest BCUT2D eigenvalue weighted by Gasteiger charge is 2.34. The van der Waals surface area contributed by atoms with Crippen LogP contribution in [0.5, 0.6) is 5.75 Å². The Hall–Kier alpha value is -1.56. The van der Waals surface area contributed by atoms with Crippen LogP contribution < -0.4 is 10.1 Å². The number of halogens is 1. The van der Waals surface area contributed by atoms with E-state index in [1.807, 2.05) is 19.1 Å². The molecule has 0 heterocycles. The number of benzene rings is 1. The summed E-state index contributed by atoms with van der Waals surface area (Å²) < 4.78 is 6.45. The molecule has 1 aliphatic rings. The second kappa shape index (κ2) is 7.13. The van der Waals surface area contributed by atoms with Crippen LogP contribution in [-0.2, 0) is 9.59 Å². The number of hydrogen-bond acceptors (Lipinski definition) is 3. The molecule has 1 aromatic rings. The quantitative estimate of drug-likeness (QED) is 0.836. The molecule has 1 unspecified atom stereocenters. The lowest BCUT2D eigenvalue weighted by Gasteiger charge is -2.21. The molecule has 6 heteroatoms. The molecular weight excluding hydrogens is 350 g/mol. The Kier molecular flexibility index (Phi) is 5.45. The van der Waals surface area contributed by atoms with Gasteiger partial charge in [0.1, 0.15) is 5.75 Å². The smallest absolute Gasteiger partial charge is 0.308 e. The van der Waals surface area contributed by atoms with Gasteiger partial charge in [-0.15, -0.1) is 0 Å². The number of carboxylic acid groups (broad SMARTS) is 1. The zero-order valence-electron chi connectivity index (χ0n) is 12.6. The second-order valence-corrected chi connectivity index (χ2v) is 6.54. The Morgan fingerprint density at radius 3 is 2.77 bits per heavy atom. The topological polar surface area (TPSA) is 75.6 Å². The Balaban J connectivity index is 1.96. The number of carboxylic acids is 1. The molecule has 0 aliphatic heterocycles. The number of ether oxygens (including phenoxy) is 1. The van der Waals surface area contributed by atoms with E-state index in [0.717, 1.165) is 16.5 Å². The van der Waals surface area contributed by atoms with Gasteiger partial charge >= 0.3 is 5.97 Å². The largest absolute Gasteiger partial charge is 0.481 e. The maximum absolute atomic E-state index is 12.2. The molecule has 120 valence electrons. The van der Waals surface area contributed by atoms with E-state index in [4.69, 9.17) is 9.84 Å². The minimum atomic E-state index is -0.849. The Morgan fingerprint density at radius 1 is 1.41 bits per heavy atom. The maximum atomic E-state index is 12.2. The van der Waals surface area contributed by atoms with Crippen molar-refractivity contribution in [3.8, 4) is 5.75 Å². The third-order valence-electron chi connectivity index (χ3n) is 3.92. The van der Waals surface area contributed by atoms with Gasteiger partial charge < -0.3 is 15.2 Å². The zero-order chi connectivity index (χ0) is 16.3. The van der Waals surface area contributed by atoms with Crippen LogP contribution in [0.25, 0.3) is 0 Å². The lowest BCUT2D eigenvalue weighted by Crippen LogP contribution is -2.45. The summed E-state index contributed by atoms with van der Waals surface area (Å²) in [6.45, 7) is 3.63. The molecule has 0 radical (unpaired) electrons. The van der Waals surface area contributed by atoms with E-state index in [2.05, 4.69) is 21.2 Å². The first-order valence-corrected chi connectivity index (χ1v) is 8.13. The van der Waals surface area contributed by atoms with Gasteiger partial charge in [-0.1, -0.05) is 12.5 Å². The van der Waals surface area contributed by atoms with Crippen molar-refractivity contribution in [1.82, 2.24) is 5.32 Å². The van der Waals surface area contributed by atoms with Gasteiger partial charge in [0, 0.05) is 6.04 Å². The molecule has 3 atom stereocenters. The van der Waals surface area contributed by atoms with Crippen molar-refractivity contribution in [1.29, 1.82) is 0 Å². The number of rotatable bonds is 5. The summed E-state index contributed by atoms with van der Waals surface area (Å²) >= 11 is 3.41. The molecule has 0 bridgehead atoms. The van der Waals surface area contributed by atoms with E-state index < -0.39 is 18.0 Å². The average molecular weight is 370 g/mol. The van der Waals surface area contributed by atoms with E-state index in [1.54, 1.807) is 13.0 Å². The van der Waals surface area contributed by atoms with E-state index in [9.17, 15) is 9.59 Å². The maximum Gasteiger partial charge on any atom is 0.308 e. The summed E-state index contributed by atoms with van der Waals surface area (Å²) in [6.07, 6.45) is 1.44. The minimum Gasteiger partial charge on any atom is -0.481 e. The zero-order valence-corrected chi connectivity index (χ0v) is 14.2. The lowest BCUT2D eigenvalue weighted by atomic mass is 10.0. The summed E-state index contributed by atoms with van der Waals surface area (Å²) in [5.41, 5.74) is 1.09. The van der Waals surface area contributed by atoms with Crippen LogP contribution in [-0.4, -0.2) is 29.1 Å². The first kappa shape index (κ1) is 16.8. The van der Waals surface area contributed by atoms with Crippen molar-refractivity contribution in [2.45, 2.75) is 45.3 Å². The van der Waals surface area contributed by atoms with E-state index in [0.29, 0.717) is 18.6 Å². The molecule has 1 aromatic carbocycles. The average Bonchev–Trinajstić information content (AvgIpc) is 2.90. The standard InChI is InChI=1S/C16H20BrNO4/c1-9-6-7-14(12(17)8-9)22-10(2)15(19)18-13-5-3-4-11(13)16(20)21/h6-8,10-11,13H,3-5H2,1-2H3,(H,18,19)(H,20,21)/t10?,11-,13+/m0/s1. The van der Waals surface area contributed by atoms with Crippen LogP contribution in [0.1, 0.15) is 31.7 Å². The lowest BCUT2D eigenvalue weighted by molar-refractivity contribution is -0.142. The second-order valence-electron chi connectivity index (χ2n) is 5.68. The first-order chi connectivity index (χ1) is 10.4. The molecule has 22 heavy (non-hydrogen) atoms. The van der Waals surface area contributed by atoms with Crippen molar-refractivity contribution in [2.75, 3.05) is 0 Å². The fraction of sp³-hybridized carbons (Fsp3) is 0.500. The minimum absolute atomic E-state index is 0.286. The van der Waals surface area contributed by atoms with Gasteiger partial charge in [0.15, 0.2) is 6.10 Å². The van der Waals surface area contributed by atoms with Crippen molar-refractivity contribution >= 4 is 27.8 Å². The van der Waals surface area contributed by atoms with Gasteiger partial charge in [0.05, 0.1) is 10.4 Å². The SMILES string of the molecule is Cc1ccc(OC(C)C(=O)N[C@@H]2CCC[C@@H]2C(=O)O)c(Br)c1. The van der Waals surface area contributed by atoms with Gasteiger partial charge in [-0.3, -0.25) is 9.59 Å². The fourth-order valence-corrected chi connectivity index (χ4v) is 3.26. The summed E-state index contributed by atoms with van der Waals surface area (Å²) in [7, 11) is 0. The molecule has 0 aromatic heterocycles. The van der Waals surface area contributed by atoms with Crippen LogP contribution in [0.3, 0.4) is 0 Å². The molecule has 1 amide bonds. The molecule has 2 rings (SSSR count). The summed E-state index contributed by atoms with van der Waals surface area (Å²) in [6, 6.07) is 5.32. The van der Waals surface area contributed by atoms with E-state index in [-0.39, 0.29) is 11.9 Å². The van der Waals surface area contributed by atoms with Gasteiger partial charge in [-0.05, 0) is 60.3 Å². The Morgan fingerprint density at radius 2 is 2.14 bits per heavy atom. The molecule has 1 aliphatic carbocycles. The Bertz CT molecular complexity index is 575. The van der Waals surface area contributed by atoms with E-state index >= 15 is 0 Å². The molecule has 1 fully saturated rings. The third kappa shape index (κ3) is 4.00. The highest BCUT2D eigenvalue weighted by atomic mass is 79.9. The highest BCUT2D eigenvalue weighted by Crippen LogP contribution is 2.28. The normalized spacial score (nSPS) is 22.1. The summed E-state index contributed by atoms with van der Waals surface area (Å²) in [5, 5.41) is 11.9. The molecule has 0 saturated heterocycles. The number of aryl methyl sites for hydroxylation is 1. The first-order valence-electron chi connectivity index (χ1n) is 7.34. The van der Waals surface area contributed by atoms with Crippen molar-refractivity contribution < 1.29 is 19.4 Å². The van der Waals surface area contributed by atoms with Gasteiger partial charge in [-0.25, -0.2) is 0 Å². The molecule has 2 N–H and O–H groups in total. The number of nitrogens with one attached hydrogen (secondary N) is 1. The number of carbonyl (C=O) groups is 2. The fourth-order valence-electron chi connectivity index (χ4n) is 2.67. The van der Waals surface area contributed by atoms with Crippen LogP contribution in [0.2, 0.25) is 0 Å². The van der Waals surface area contributed by atoms with Crippen molar-refractivity contribution in [3.63, 3.8) is 0 Å². The molecule has 1 saturated carbocycles. The van der Waals surface area contributed by atoms with Crippen LogP contribution in [0, 0.1) is 12.8 Å². The van der Waals surface area contributed by atoms with Gasteiger partial charge in [0.25, 0.3) is 5.91 Å². The predicted molar refractivity (Wildman–Crippen MR) is 85.9 cm³/mol. The van der Waals surface area contributed by atoms with Crippen LogP contribution >= 0.6 is 15.9 Å². The number of hydrogen-bond donors (Lipinski definition) is 2. The van der Waals surface area contributed by atoms with Crippen LogP contribution in [0.15, 0.2) is 22.7 Å². The molecular formula is C16H20BrNO4. The van der Waals surface area contributed by atoms with Gasteiger partial charge in [-0.2, -0.15) is 0 Å². The van der Waals surface area contributed by atoms with Crippen molar-refractivity contribution in [3.05, 3.63) is 28.2 Å². The number of carbonyl (C=O) groups excluding carboxylic acids is 1. The van der Waals surface area contributed by atoms with Gasteiger partial charge in [0.2, 0.25) is 0 Å². The van der Waals surface area contributed by atoms with Crippen molar-refractivity contribution in [2.24, 2.45) is 5.92 Å². The highest BCUT2D eigenvalue weighted by molar-refractivity contribution is 9.10. The molecule has 5 nitrogen and oxygen atoms in total. The number of aliphatic carboxylic acids is 1. The third-order valence-corrected chi connectivity index (χ3v) is 4.54. The summed E-state index contributed by atoms with van der Waals surface area (Å²) in [4.78, 5) is 23.3. The monoisotopic (exact) mass is 369 g/mol. The van der Waals surface area contributed by atoms with Crippen LogP contribution in [0.4, 0.5) is 0 Å². The molecule has 0 spiro atoms. The predicted octanol–water partition coefficient (Wildman–Crippen LogP) is 2.89. The van der Waals surface area contributed by atoms with E-state index in [1.165, 1.54) is 0 Å². The summed E-state index contributed by atoms with van der Waals surface area (Å²) in [5.74, 6) is -1.04. The number of amides is 1.